The molecule has 2 atom stereocenters. The summed E-state index contributed by atoms with van der Waals surface area (Å²) in [7, 11) is 0. The van der Waals surface area contributed by atoms with Gasteiger partial charge in [-0.1, -0.05) is 43.2 Å². The molecule has 1 unspecified atom stereocenters. The third-order valence-corrected chi connectivity index (χ3v) is 5.21. The Kier molecular flexibility index (Phi) is 9.27. The summed E-state index contributed by atoms with van der Waals surface area (Å²) in [6.45, 7) is 0.483. The van der Waals surface area contributed by atoms with Crippen LogP contribution in [0.15, 0.2) is 30.3 Å². The fourth-order valence-corrected chi connectivity index (χ4v) is 3.62. The van der Waals surface area contributed by atoms with Crippen molar-refractivity contribution in [1.29, 1.82) is 0 Å². The van der Waals surface area contributed by atoms with Crippen LogP contribution in [0.1, 0.15) is 63.0 Å². The Labute approximate surface area is 175 Å². The molecular weight excluding hydrogens is 390 g/mol. The number of benzene rings is 1. The van der Waals surface area contributed by atoms with Crippen molar-refractivity contribution in [2.24, 2.45) is 0 Å². The molecule has 0 aliphatic carbocycles. The van der Waals surface area contributed by atoms with Crippen LogP contribution in [0, 0.1) is 0 Å². The summed E-state index contributed by atoms with van der Waals surface area (Å²) in [5.41, 5.74) is 2.06. The molecule has 1 fully saturated rings. The fourth-order valence-electron chi connectivity index (χ4n) is 3.62. The highest BCUT2D eigenvalue weighted by Gasteiger charge is 2.35. The van der Waals surface area contributed by atoms with E-state index in [0.29, 0.717) is 44.2 Å². The second-order valence-corrected chi connectivity index (χ2v) is 7.38. The first-order valence-electron chi connectivity index (χ1n) is 10.2. The number of nitrogens with one attached hydrogen (secondary N) is 2. The molecule has 1 saturated heterocycles. The zero-order valence-electron chi connectivity index (χ0n) is 16.9. The van der Waals surface area contributed by atoms with Gasteiger partial charge < -0.3 is 15.3 Å². The Hall–Kier alpha value is -2.94. The van der Waals surface area contributed by atoms with Gasteiger partial charge in [0.15, 0.2) is 6.04 Å². The normalized spacial score (nSPS) is 16.7. The summed E-state index contributed by atoms with van der Waals surface area (Å²) >= 11 is 0. The van der Waals surface area contributed by atoms with E-state index in [4.69, 9.17) is 5.21 Å². The lowest BCUT2D eigenvalue weighted by Crippen LogP contribution is -2.48. The zero-order valence-corrected chi connectivity index (χ0v) is 16.9. The number of carbonyl (C=O) groups is 4. The molecular formula is C21H29N3O6. The number of hydrogen-bond donors (Lipinski definition) is 4. The number of hydroxylamine groups is 1. The number of rotatable bonds is 11. The average molecular weight is 419 g/mol. The monoisotopic (exact) mass is 419 g/mol. The zero-order chi connectivity index (χ0) is 21.9. The fraction of sp³-hybridized carbons (Fsp3) is 0.524. The number of carboxylic acids is 1. The summed E-state index contributed by atoms with van der Waals surface area (Å²) in [5, 5.41) is 20.5. The molecule has 30 heavy (non-hydrogen) atoms. The Morgan fingerprint density at radius 1 is 1.03 bits per heavy atom. The van der Waals surface area contributed by atoms with Gasteiger partial charge in [-0.05, 0) is 31.2 Å². The van der Waals surface area contributed by atoms with Crippen LogP contribution in [0.4, 0.5) is 0 Å². The first kappa shape index (κ1) is 23.3. The molecule has 0 saturated carbocycles. The molecule has 1 aromatic rings. The minimum atomic E-state index is -1.16. The third kappa shape index (κ3) is 6.84. The van der Waals surface area contributed by atoms with Crippen molar-refractivity contribution in [3.8, 4) is 0 Å². The summed E-state index contributed by atoms with van der Waals surface area (Å²) in [6, 6.07) is 6.65. The topological polar surface area (TPSA) is 136 Å². The lowest BCUT2D eigenvalue weighted by atomic mass is 10.1. The first-order valence-corrected chi connectivity index (χ1v) is 10.2. The van der Waals surface area contributed by atoms with E-state index >= 15 is 0 Å². The molecule has 1 aliphatic heterocycles. The van der Waals surface area contributed by atoms with Gasteiger partial charge in [0, 0.05) is 19.4 Å². The smallest absolute Gasteiger partial charge is 0.330 e. The molecule has 0 aromatic heterocycles. The molecule has 3 amide bonds. The van der Waals surface area contributed by atoms with E-state index in [1.807, 2.05) is 0 Å². The number of unbranched alkanes of at least 4 members (excludes halogenated alkanes) is 3. The van der Waals surface area contributed by atoms with Crippen LogP contribution in [0.3, 0.4) is 0 Å². The Balaban J connectivity index is 1.83. The Morgan fingerprint density at radius 3 is 2.33 bits per heavy atom. The van der Waals surface area contributed by atoms with Crippen molar-refractivity contribution >= 4 is 23.7 Å². The van der Waals surface area contributed by atoms with Crippen molar-refractivity contribution in [3.63, 3.8) is 0 Å². The average Bonchev–Trinajstić information content (AvgIpc) is 3.24. The van der Waals surface area contributed by atoms with Gasteiger partial charge in [-0.2, -0.15) is 0 Å². The predicted molar refractivity (Wildman–Crippen MR) is 107 cm³/mol. The molecule has 1 aromatic carbocycles. The molecule has 4 N–H and O–H groups in total. The standard InChI is InChI=1S/C21H29N3O6/c25-17(23-30)12-6-1-2-7-13-18(26)24-14-8-11-16(24)20(27)22-19(21(28)29)15-9-4-3-5-10-15/h3-5,9-10,16,19,30H,1-2,6-8,11-14H2,(H,22,27)(H,23,25)(H,28,29)/t16?,19-/m0/s1. The number of aliphatic carboxylic acids is 1. The second kappa shape index (κ2) is 11.9. The maximum atomic E-state index is 12.7. The highest BCUT2D eigenvalue weighted by Crippen LogP contribution is 2.21. The number of likely N-dealkylation sites (tertiary alicyclic amines) is 1. The molecule has 164 valence electrons. The van der Waals surface area contributed by atoms with Gasteiger partial charge >= 0.3 is 5.97 Å². The highest BCUT2D eigenvalue weighted by molar-refractivity contribution is 5.91. The van der Waals surface area contributed by atoms with Crippen LogP contribution in [0.25, 0.3) is 0 Å². The van der Waals surface area contributed by atoms with Crippen molar-refractivity contribution < 1.29 is 29.5 Å². The second-order valence-electron chi connectivity index (χ2n) is 7.38. The van der Waals surface area contributed by atoms with Crippen LogP contribution in [-0.2, 0) is 19.2 Å². The minimum absolute atomic E-state index is 0.118. The van der Waals surface area contributed by atoms with Crippen molar-refractivity contribution in [2.45, 2.75) is 63.5 Å². The quantitative estimate of drug-likeness (QED) is 0.245. The summed E-state index contributed by atoms with van der Waals surface area (Å²) in [5.74, 6) is -2.15. The van der Waals surface area contributed by atoms with Gasteiger partial charge in [0.1, 0.15) is 6.04 Å². The summed E-state index contributed by atoms with van der Waals surface area (Å²) < 4.78 is 0. The van der Waals surface area contributed by atoms with Gasteiger partial charge in [-0.3, -0.25) is 19.6 Å². The summed E-state index contributed by atoms with van der Waals surface area (Å²) in [4.78, 5) is 49.4. The number of hydrogen-bond acceptors (Lipinski definition) is 5. The van der Waals surface area contributed by atoms with Crippen molar-refractivity contribution in [3.05, 3.63) is 35.9 Å². The third-order valence-electron chi connectivity index (χ3n) is 5.21. The predicted octanol–water partition coefficient (Wildman–Crippen LogP) is 1.77. The van der Waals surface area contributed by atoms with Crippen LogP contribution in [0.2, 0.25) is 0 Å². The van der Waals surface area contributed by atoms with Gasteiger partial charge in [-0.15, -0.1) is 0 Å². The van der Waals surface area contributed by atoms with E-state index in [-0.39, 0.29) is 12.3 Å². The highest BCUT2D eigenvalue weighted by atomic mass is 16.5. The minimum Gasteiger partial charge on any atom is -0.479 e. The van der Waals surface area contributed by atoms with Crippen LogP contribution < -0.4 is 10.8 Å². The van der Waals surface area contributed by atoms with Gasteiger partial charge in [0.2, 0.25) is 17.7 Å². The van der Waals surface area contributed by atoms with Crippen LogP contribution >= 0.6 is 0 Å². The molecule has 0 radical (unpaired) electrons. The first-order chi connectivity index (χ1) is 14.4. The Morgan fingerprint density at radius 2 is 1.70 bits per heavy atom. The SMILES string of the molecule is O=C(CCCCCCC(=O)N1CCCC1C(=O)N[C@H](C(=O)O)c1ccccc1)NO. The van der Waals surface area contributed by atoms with Gasteiger partial charge in [-0.25, -0.2) is 10.3 Å². The largest absolute Gasteiger partial charge is 0.479 e. The lowest BCUT2D eigenvalue weighted by molar-refractivity contribution is -0.144. The molecule has 1 aliphatic rings. The summed E-state index contributed by atoms with van der Waals surface area (Å²) in [6.07, 6.45) is 4.56. The van der Waals surface area contributed by atoms with E-state index in [1.165, 1.54) is 0 Å². The molecule has 2 rings (SSSR count). The van der Waals surface area contributed by atoms with E-state index in [1.54, 1.807) is 40.7 Å². The molecule has 1 heterocycles. The van der Waals surface area contributed by atoms with Crippen LogP contribution in [-0.4, -0.2) is 51.5 Å². The van der Waals surface area contributed by atoms with Crippen molar-refractivity contribution in [1.82, 2.24) is 15.7 Å². The number of carboxylic acid groups (broad SMARTS) is 1. The van der Waals surface area contributed by atoms with E-state index in [2.05, 4.69) is 5.32 Å². The van der Waals surface area contributed by atoms with E-state index in [9.17, 15) is 24.3 Å². The van der Waals surface area contributed by atoms with Gasteiger partial charge in [0.25, 0.3) is 0 Å². The maximum absolute atomic E-state index is 12.7. The molecule has 0 bridgehead atoms. The van der Waals surface area contributed by atoms with E-state index < -0.39 is 29.9 Å². The number of nitrogens with zero attached hydrogens (tertiary/aromatic N) is 1. The maximum Gasteiger partial charge on any atom is 0.330 e. The van der Waals surface area contributed by atoms with Gasteiger partial charge in [0.05, 0.1) is 0 Å². The van der Waals surface area contributed by atoms with Crippen LogP contribution in [0.5, 0.6) is 0 Å². The van der Waals surface area contributed by atoms with E-state index in [0.717, 1.165) is 12.8 Å². The van der Waals surface area contributed by atoms with Crippen molar-refractivity contribution in [2.75, 3.05) is 6.54 Å². The molecule has 9 nitrogen and oxygen atoms in total. The number of carbonyl (C=O) groups excluding carboxylic acids is 3. The number of amides is 3. The lowest BCUT2D eigenvalue weighted by Gasteiger charge is -2.25. The molecule has 9 heteroatoms. The molecule has 0 spiro atoms. The Bertz CT molecular complexity index is 740.